The number of pyridine rings is 1. The first-order valence-electron chi connectivity index (χ1n) is 15.6. The molecule has 9 nitrogen and oxygen atoms in total. The Bertz CT molecular complexity index is 1640. The molecule has 3 N–H and O–H groups in total. The summed E-state index contributed by atoms with van der Waals surface area (Å²) in [5, 5.41) is 17.4. The number of nitrogens with one attached hydrogen (secondary N) is 2. The van der Waals surface area contributed by atoms with Crippen LogP contribution in [-0.2, 0) is 12.0 Å². The summed E-state index contributed by atoms with van der Waals surface area (Å²) in [6, 6.07) is 16.7. The molecule has 1 aliphatic rings. The fourth-order valence-electron chi connectivity index (χ4n) is 5.91. The fourth-order valence-corrected chi connectivity index (χ4v) is 5.91. The Balaban J connectivity index is 1.28. The van der Waals surface area contributed by atoms with E-state index >= 15 is 0 Å². The van der Waals surface area contributed by atoms with Crippen LogP contribution in [0, 0.1) is 6.92 Å². The van der Waals surface area contributed by atoms with Gasteiger partial charge < -0.3 is 25.1 Å². The van der Waals surface area contributed by atoms with Gasteiger partial charge in [-0.2, -0.15) is 0 Å². The smallest absolute Gasteiger partial charge is 0.256 e. The molecule has 1 saturated heterocycles. The van der Waals surface area contributed by atoms with E-state index in [2.05, 4.69) is 65.6 Å². The number of carbonyl (C=O) groups is 2. The summed E-state index contributed by atoms with van der Waals surface area (Å²) >= 11 is 0. The predicted molar refractivity (Wildman–Crippen MR) is 173 cm³/mol. The third-order valence-electron chi connectivity index (χ3n) is 8.47. The number of para-hydroxylation sites is 1. The lowest BCUT2D eigenvalue weighted by Gasteiger charge is -2.27. The van der Waals surface area contributed by atoms with Crippen molar-refractivity contribution >= 4 is 11.8 Å². The van der Waals surface area contributed by atoms with Gasteiger partial charge in [-0.05, 0) is 55.4 Å². The summed E-state index contributed by atoms with van der Waals surface area (Å²) in [6.07, 6.45) is 6.15. The van der Waals surface area contributed by atoms with Gasteiger partial charge in [0.05, 0.1) is 16.8 Å². The number of benzene rings is 2. The highest BCUT2D eigenvalue weighted by Crippen LogP contribution is 2.33. The van der Waals surface area contributed by atoms with Crippen molar-refractivity contribution < 1.29 is 19.1 Å². The zero-order valence-corrected chi connectivity index (χ0v) is 26.7. The Labute approximate surface area is 265 Å². The molecular weight excluding hydrogens is 566 g/mol. The first-order valence-corrected chi connectivity index (χ1v) is 15.6. The number of amides is 2. The van der Waals surface area contributed by atoms with Crippen LogP contribution in [0.3, 0.4) is 0 Å². The van der Waals surface area contributed by atoms with Crippen LogP contribution >= 0.6 is 0 Å². The number of rotatable bonds is 10. The summed E-state index contributed by atoms with van der Waals surface area (Å²) in [4.78, 5) is 37.4. The minimum atomic E-state index is -0.352. The number of carbonyl (C=O) groups excluding carboxylic acids is 2. The largest absolute Gasteiger partial charge is 0.508 e. The number of phenols is 1. The molecule has 3 heterocycles. The Morgan fingerprint density at radius 1 is 1.09 bits per heavy atom. The molecule has 236 valence electrons. The predicted octanol–water partition coefficient (Wildman–Crippen LogP) is 6.05. The van der Waals surface area contributed by atoms with Gasteiger partial charge in [0.2, 0.25) is 5.89 Å². The standard InChI is InChI=1S/C36H43N5O4/c1-23-22-45-34(39-23)31-13-9-15-41(31)35(44)27-17-26(19-38-20-27)33(43)40-24(2)30(29-12-6-7-14-32(29)42)21-37-18-25-10-8-11-28(16-25)36(3,4)5/h6-8,10-12,14,16-17,19-20,22,24,30-31,37,42H,9,13,15,18,21H2,1-5H3,(H,40,43)/t24-,30+,31+/m0/s1. The molecule has 1 fully saturated rings. The number of phenolic OH excluding ortho intramolecular Hbond substituents is 1. The van der Waals surface area contributed by atoms with Crippen molar-refractivity contribution in [3.63, 3.8) is 0 Å². The van der Waals surface area contributed by atoms with Gasteiger partial charge in [-0.3, -0.25) is 14.6 Å². The first-order chi connectivity index (χ1) is 21.5. The first kappa shape index (κ1) is 31.9. The van der Waals surface area contributed by atoms with E-state index < -0.39 is 0 Å². The topological polar surface area (TPSA) is 121 Å². The molecule has 2 aromatic carbocycles. The molecule has 0 saturated carbocycles. The SMILES string of the molecule is Cc1coc([C@H]2CCCN2C(=O)c2cncc(C(=O)N[C@@H](C)[C@@H](CNCc3cccc(C(C)(C)C)c3)c3ccccc3O)c2)n1. The monoisotopic (exact) mass is 609 g/mol. The van der Waals surface area contributed by atoms with Crippen LogP contribution in [0.15, 0.2) is 77.7 Å². The third-order valence-corrected chi connectivity index (χ3v) is 8.47. The Kier molecular flexibility index (Phi) is 9.68. The number of hydrogen-bond acceptors (Lipinski definition) is 7. The molecule has 0 aliphatic carbocycles. The van der Waals surface area contributed by atoms with E-state index in [0.29, 0.717) is 36.7 Å². The van der Waals surface area contributed by atoms with Gasteiger partial charge in [-0.15, -0.1) is 0 Å². The van der Waals surface area contributed by atoms with Crippen LogP contribution in [0.25, 0.3) is 0 Å². The molecule has 2 amide bonds. The van der Waals surface area contributed by atoms with Gasteiger partial charge in [0.15, 0.2) is 0 Å². The molecule has 2 aromatic heterocycles. The van der Waals surface area contributed by atoms with Gasteiger partial charge in [-0.25, -0.2) is 4.98 Å². The average molecular weight is 610 g/mol. The summed E-state index contributed by atoms with van der Waals surface area (Å²) in [5.41, 5.74) is 4.62. The lowest BCUT2D eigenvalue weighted by atomic mass is 9.86. The maximum absolute atomic E-state index is 13.5. The minimum absolute atomic E-state index is 0.0515. The van der Waals surface area contributed by atoms with Crippen molar-refractivity contribution in [2.45, 2.75) is 77.4 Å². The van der Waals surface area contributed by atoms with Gasteiger partial charge in [0, 0.05) is 49.6 Å². The van der Waals surface area contributed by atoms with Crippen molar-refractivity contribution in [2.24, 2.45) is 0 Å². The van der Waals surface area contributed by atoms with Crippen molar-refractivity contribution in [3.05, 3.63) is 113 Å². The van der Waals surface area contributed by atoms with Crippen LogP contribution in [0.1, 0.15) is 101 Å². The summed E-state index contributed by atoms with van der Waals surface area (Å²) in [6.45, 7) is 12.1. The zero-order valence-electron chi connectivity index (χ0n) is 26.7. The number of hydrogen-bond donors (Lipinski definition) is 3. The summed E-state index contributed by atoms with van der Waals surface area (Å²) in [5.74, 6) is -0.0801. The second-order valence-electron chi connectivity index (χ2n) is 13.0. The number of aromatic hydroxyl groups is 1. The van der Waals surface area contributed by atoms with Crippen molar-refractivity contribution in [2.75, 3.05) is 13.1 Å². The average Bonchev–Trinajstić information content (AvgIpc) is 3.68. The van der Waals surface area contributed by atoms with E-state index in [0.717, 1.165) is 24.1 Å². The van der Waals surface area contributed by atoms with Crippen LogP contribution in [-0.4, -0.2) is 50.9 Å². The highest BCUT2D eigenvalue weighted by molar-refractivity contribution is 5.99. The Hall–Kier alpha value is -4.50. The van der Waals surface area contributed by atoms with Gasteiger partial charge >= 0.3 is 0 Å². The molecular formula is C36H43N5O4. The van der Waals surface area contributed by atoms with Crippen LogP contribution in [0.4, 0.5) is 0 Å². The number of likely N-dealkylation sites (tertiary alicyclic amines) is 1. The molecule has 45 heavy (non-hydrogen) atoms. The number of nitrogens with zero attached hydrogens (tertiary/aromatic N) is 3. The molecule has 0 bridgehead atoms. The van der Waals surface area contributed by atoms with E-state index in [-0.39, 0.29) is 41.0 Å². The van der Waals surface area contributed by atoms with E-state index in [1.807, 2.05) is 26.0 Å². The Morgan fingerprint density at radius 3 is 2.60 bits per heavy atom. The number of oxazole rings is 1. The minimum Gasteiger partial charge on any atom is -0.508 e. The normalized spacial score (nSPS) is 16.4. The number of aromatic nitrogens is 2. The number of aryl methyl sites for hydroxylation is 1. The van der Waals surface area contributed by atoms with Gasteiger partial charge in [0.1, 0.15) is 18.1 Å². The van der Waals surface area contributed by atoms with Gasteiger partial charge in [0.25, 0.3) is 11.8 Å². The highest BCUT2D eigenvalue weighted by Gasteiger charge is 2.34. The van der Waals surface area contributed by atoms with E-state index in [4.69, 9.17) is 4.42 Å². The molecule has 0 unspecified atom stereocenters. The molecule has 0 spiro atoms. The fraction of sp³-hybridized carbons (Fsp3) is 0.389. The lowest BCUT2D eigenvalue weighted by Crippen LogP contribution is -2.41. The lowest BCUT2D eigenvalue weighted by molar-refractivity contribution is 0.0715. The van der Waals surface area contributed by atoms with Crippen molar-refractivity contribution in [3.8, 4) is 5.75 Å². The second kappa shape index (κ2) is 13.6. The molecule has 4 aromatic rings. The van der Waals surface area contributed by atoms with Crippen LogP contribution < -0.4 is 10.6 Å². The van der Waals surface area contributed by atoms with E-state index in [1.165, 1.54) is 23.5 Å². The second-order valence-corrected chi connectivity index (χ2v) is 13.0. The van der Waals surface area contributed by atoms with Crippen molar-refractivity contribution in [1.82, 2.24) is 25.5 Å². The molecule has 5 rings (SSSR count). The van der Waals surface area contributed by atoms with Gasteiger partial charge in [-0.1, -0.05) is 63.2 Å². The van der Waals surface area contributed by atoms with E-state index in [9.17, 15) is 14.7 Å². The van der Waals surface area contributed by atoms with Crippen LogP contribution in [0.2, 0.25) is 0 Å². The quantitative estimate of drug-likeness (QED) is 0.200. The molecule has 1 aliphatic heterocycles. The Morgan fingerprint density at radius 2 is 1.87 bits per heavy atom. The van der Waals surface area contributed by atoms with Crippen molar-refractivity contribution in [1.29, 1.82) is 0 Å². The summed E-state index contributed by atoms with van der Waals surface area (Å²) in [7, 11) is 0. The molecule has 3 atom stereocenters. The van der Waals surface area contributed by atoms with Crippen LogP contribution in [0.5, 0.6) is 5.75 Å². The third kappa shape index (κ3) is 7.60. The maximum atomic E-state index is 13.5. The summed E-state index contributed by atoms with van der Waals surface area (Å²) < 4.78 is 5.60. The molecule has 0 radical (unpaired) electrons. The highest BCUT2D eigenvalue weighted by atomic mass is 16.3. The van der Waals surface area contributed by atoms with E-state index in [1.54, 1.807) is 29.4 Å². The zero-order chi connectivity index (χ0) is 32.1. The molecule has 9 heteroatoms. The maximum Gasteiger partial charge on any atom is 0.256 e.